The molecule has 11 heavy (non-hydrogen) atoms. The van der Waals surface area contributed by atoms with Gasteiger partial charge in [0.05, 0.1) is 6.54 Å². The van der Waals surface area contributed by atoms with Crippen LogP contribution in [0.2, 0.25) is 0 Å². The van der Waals surface area contributed by atoms with Gasteiger partial charge in [-0.05, 0) is 12.8 Å². The molecule has 2 saturated heterocycles. The molecular formula is C8H13NO2. The van der Waals surface area contributed by atoms with Crippen molar-refractivity contribution in [3.05, 3.63) is 0 Å². The molecule has 1 saturated carbocycles. The van der Waals surface area contributed by atoms with Crippen molar-refractivity contribution >= 4 is 5.97 Å². The fourth-order valence-corrected chi connectivity index (χ4v) is 2.31. The predicted octanol–water partition coefficient (Wildman–Crippen LogP) is -1.76. The van der Waals surface area contributed by atoms with E-state index in [1.807, 2.05) is 5.32 Å². The van der Waals surface area contributed by atoms with Gasteiger partial charge in [-0.2, -0.15) is 0 Å². The summed E-state index contributed by atoms with van der Waals surface area (Å²) in [6.07, 6.45) is 3.81. The van der Waals surface area contributed by atoms with E-state index in [4.69, 9.17) is 0 Å². The number of rotatable bonds is 1. The molecule has 3 aliphatic rings. The minimum Gasteiger partial charge on any atom is -0.544 e. The van der Waals surface area contributed by atoms with E-state index >= 15 is 0 Å². The second-order valence-corrected chi connectivity index (χ2v) is 3.83. The number of hydrogen-bond acceptors (Lipinski definition) is 2. The van der Waals surface area contributed by atoms with Crippen LogP contribution < -0.4 is 10.4 Å². The molecule has 3 rings (SSSR count). The Bertz CT molecular complexity index is 169. The third-order valence-corrected chi connectivity index (χ3v) is 3.25. The number of carbonyl (C=O) groups excluding carboxylic acids is 1. The summed E-state index contributed by atoms with van der Waals surface area (Å²) in [5.41, 5.74) is -0.533. The Balaban J connectivity index is 2.18. The van der Waals surface area contributed by atoms with Crippen molar-refractivity contribution in [2.24, 2.45) is 5.92 Å². The maximum absolute atomic E-state index is 10.8. The topological polar surface area (TPSA) is 56.7 Å². The van der Waals surface area contributed by atoms with E-state index in [-0.39, 0.29) is 0 Å². The summed E-state index contributed by atoms with van der Waals surface area (Å²) < 4.78 is 0. The van der Waals surface area contributed by atoms with E-state index in [0.717, 1.165) is 38.1 Å². The molecule has 2 N–H and O–H groups in total. The summed E-state index contributed by atoms with van der Waals surface area (Å²) in [5.74, 6) is -0.0770. The summed E-state index contributed by atoms with van der Waals surface area (Å²) >= 11 is 0. The van der Waals surface area contributed by atoms with E-state index in [2.05, 4.69) is 0 Å². The highest BCUT2D eigenvalue weighted by Gasteiger charge is 2.45. The van der Waals surface area contributed by atoms with E-state index in [1.54, 1.807) is 0 Å². The van der Waals surface area contributed by atoms with E-state index < -0.39 is 11.5 Å². The molecule has 3 fully saturated rings. The molecule has 62 valence electrons. The van der Waals surface area contributed by atoms with Crippen LogP contribution >= 0.6 is 0 Å². The summed E-state index contributed by atoms with van der Waals surface area (Å²) in [5, 5.41) is 12.8. The third kappa shape index (κ3) is 0.948. The van der Waals surface area contributed by atoms with Gasteiger partial charge in [0.15, 0.2) is 0 Å². The van der Waals surface area contributed by atoms with Gasteiger partial charge in [0.25, 0.3) is 0 Å². The number of carbonyl (C=O) groups is 1. The summed E-state index contributed by atoms with van der Waals surface area (Å²) in [7, 11) is 0. The van der Waals surface area contributed by atoms with E-state index in [9.17, 15) is 9.90 Å². The van der Waals surface area contributed by atoms with Crippen molar-refractivity contribution in [3.63, 3.8) is 0 Å². The highest BCUT2D eigenvalue weighted by Crippen LogP contribution is 2.31. The van der Waals surface area contributed by atoms with Crippen LogP contribution in [0.15, 0.2) is 0 Å². The Labute approximate surface area is 65.8 Å². The van der Waals surface area contributed by atoms with Gasteiger partial charge in [-0.25, -0.2) is 0 Å². The summed E-state index contributed by atoms with van der Waals surface area (Å²) in [6, 6.07) is 0. The summed E-state index contributed by atoms with van der Waals surface area (Å²) in [4.78, 5) is 10.8. The normalized spacial score (nSPS) is 42.4. The van der Waals surface area contributed by atoms with Crippen molar-refractivity contribution < 1.29 is 15.2 Å². The van der Waals surface area contributed by atoms with Crippen LogP contribution in [-0.4, -0.2) is 18.1 Å². The number of hydrogen-bond donors (Lipinski definition) is 1. The molecule has 0 amide bonds. The van der Waals surface area contributed by atoms with Gasteiger partial charge in [-0.3, -0.25) is 0 Å². The number of fused-ring (bicyclic) bond motifs is 3. The molecular weight excluding hydrogens is 142 g/mol. The van der Waals surface area contributed by atoms with Gasteiger partial charge < -0.3 is 15.2 Å². The molecule has 3 nitrogen and oxygen atoms in total. The molecule has 0 radical (unpaired) electrons. The number of quaternary nitrogens is 1. The largest absolute Gasteiger partial charge is 0.544 e. The van der Waals surface area contributed by atoms with Gasteiger partial charge in [-0.1, -0.05) is 0 Å². The average Bonchev–Trinajstić information content (AvgIpc) is 2.08. The molecule has 2 heterocycles. The van der Waals surface area contributed by atoms with E-state index in [0.29, 0.717) is 0 Å². The highest BCUT2D eigenvalue weighted by atomic mass is 16.4. The van der Waals surface area contributed by atoms with Gasteiger partial charge in [-0.15, -0.1) is 0 Å². The SMILES string of the molecule is O=C([O-])C12CCC(CC1)C[NH2+]2. The monoisotopic (exact) mass is 155 g/mol. The number of piperidine rings is 2. The van der Waals surface area contributed by atoms with Crippen LogP contribution in [0.5, 0.6) is 0 Å². The van der Waals surface area contributed by atoms with Crippen molar-refractivity contribution in [2.75, 3.05) is 6.54 Å². The van der Waals surface area contributed by atoms with Crippen LogP contribution in [-0.2, 0) is 4.79 Å². The van der Waals surface area contributed by atoms with Crippen LogP contribution in [0.3, 0.4) is 0 Å². The Morgan fingerprint density at radius 1 is 1.45 bits per heavy atom. The smallest absolute Gasteiger partial charge is 0.136 e. The fraction of sp³-hybridized carbons (Fsp3) is 0.875. The van der Waals surface area contributed by atoms with Crippen LogP contribution in [0, 0.1) is 5.92 Å². The zero-order valence-electron chi connectivity index (χ0n) is 6.51. The highest BCUT2D eigenvalue weighted by molar-refractivity contribution is 5.74. The zero-order chi connectivity index (χ0) is 7.90. The molecule has 0 unspecified atom stereocenters. The number of nitrogens with two attached hydrogens (primary N) is 1. The minimum atomic E-state index is -0.851. The van der Waals surface area contributed by atoms with Gasteiger partial charge in [0.2, 0.25) is 0 Å². The second kappa shape index (κ2) is 2.21. The van der Waals surface area contributed by atoms with Gasteiger partial charge in [0, 0.05) is 18.8 Å². The molecule has 3 heteroatoms. The van der Waals surface area contributed by atoms with Crippen LogP contribution in [0.4, 0.5) is 0 Å². The lowest BCUT2D eigenvalue weighted by Crippen LogP contribution is -3.04. The van der Waals surface area contributed by atoms with Crippen molar-refractivity contribution in [2.45, 2.75) is 31.2 Å². The maximum atomic E-state index is 10.8. The Morgan fingerprint density at radius 3 is 2.36 bits per heavy atom. The predicted molar refractivity (Wildman–Crippen MR) is 36.5 cm³/mol. The van der Waals surface area contributed by atoms with Crippen LogP contribution in [0.1, 0.15) is 25.7 Å². The lowest BCUT2D eigenvalue weighted by atomic mass is 9.72. The average molecular weight is 155 g/mol. The van der Waals surface area contributed by atoms with Crippen molar-refractivity contribution in [1.82, 2.24) is 0 Å². The Hall–Kier alpha value is -0.570. The first-order chi connectivity index (χ1) is 5.23. The van der Waals surface area contributed by atoms with Gasteiger partial charge >= 0.3 is 0 Å². The molecule has 2 bridgehead atoms. The Kier molecular flexibility index (Phi) is 1.42. The first-order valence-electron chi connectivity index (χ1n) is 4.29. The molecule has 0 atom stereocenters. The zero-order valence-corrected chi connectivity index (χ0v) is 6.51. The number of aliphatic carboxylic acids is 1. The minimum absolute atomic E-state index is 0.533. The van der Waals surface area contributed by atoms with E-state index in [1.165, 1.54) is 0 Å². The molecule has 1 aliphatic carbocycles. The molecule has 0 spiro atoms. The lowest BCUT2D eigenvalue weighted by Gasteiger charge is -2.44. The molecule has 0 aromatic heterocycles. The fourth-order valence-electron chi connectivity index (χ4n) is 2.31. The van der Waals surface area contributed by atoms with Gasteiger partial charge in [0.1, 0.15) is 11.5 Å². The van der Waals surface area contributed by atoms with Crippen LogP contribution in [0.25, 0.3) is 0 Å². The van der Waals surface area contributed by atoms with Crippen molar-refractivity contribution in [1.29, 1.82) is 0 Å². The number of carboxylic acid groups (broad SMARTS) is 1. The first-order valence-corrected chi connectivity index (χ1v) is 4.29. The van der Waals surface area contributed by atoms with Crippen molar-refractivity contribution in [3.8, 4) is 0 Å². The second-order valence-electron chi connectivity index (χ2n) is 3.83. The standard InChI is InChI=1S/C8H13NO2/c10-7(11)8-3-1-6(2-4-8)5-9-8/h6,9H,1-5H2,(H,10,11). The maximum Gasteiger partial charge on any atom is 0.136 e. The lowest BCUT2D eigenvalue weighted by molar-refractivity contribution is -0.743. The quantitative estimate of drug-likeness (QED) is 0.488. The summed E-state index contributed by atoms with van der Waals surface area (Å²) in [6.45, 7) is 0.994. The molecule has 0 aromatic carbocycles. The molecule has 0 aromatic rings. The Morgan fingerprint density at radius 2 is 2.09 bits per heavy atom. The molecule has 2 aliphatic heterocycles. The first kappa shape index (κ1) is 7.10. The third-order valence-electron chi connectivity index (χ3n) is 3.25. The number of carboxylic acids is 1.